The van der Waals surface area contributed by atoms with Crippen molar-refractivity contribution in [3.8, 4) is 11.4 Å². The molecule has 3 aromatic carbocycles. The minimum absolute atomic E-state index is 0.0835. The molecule has 0 radical (unpaired) electrons. The third-order valence-electron chi connectivity index (χ3n) is 6.12. The molecule has 180 valence electrons. The number of nitrogens with zero attached hydrogens (tertiary/aromatic N) is 3. The van der Waals surface area contributed by atoms with E-state index in [0.29, 0.717) is 12.1 Å². The molecule has 2 heterocycles. The molecule has 0 aliphatic carbocycles. The molecule has 8 heteroatoms. The van der Waals surface area contributed by atoms with Crippen molar-refractivity contribution >= 4 is 28.2 Å². The van der Waals surface area contributed by atoms with Crippen LogP contribution in [-0.2, 0) is 4.74 Å². The van der Waals surface area contributed by atoms with Crippen LogP contribution in [0, 0.1) is 0 Å². The molecule has 0 atom stereocenters. The molecule has 1 amide bonds. The fourth-order valence-electron chi connectivity index (χ4n) is 4.25. The number of carbonyl (C=O) groups excluding carboxylic acids is 1. The van der Waals surface area contributed by atoms with Gasteiger partial charge in [0.2, 0.25) is 0 Å². The second-order valence-corrected chi connectivity index (χ2v) is 8.42. The Labute approximate surface area is 204 Å². The van der Waals surface area contributed by atoms with Crippen LogP contribution in [0.25, 0.3) is 16.6 Å². The van der Waals surface area contributed by atoms with Crippen molar-refractivity contribution in [2.45, 2.75) is 0 Å². The topological polar surface area (TPSA) is 80.6 Å². The fourth-order valence-corrected chi connectivity index (χ4v) is 4.25. The van der Waals surface area contributed by atoms with Gasteiger partial charge in [-0.3, -0.25) is 9.69 Å². The van der Waals surface area contributed by atoms with Gasteiger partial charge in [0.25, 0.3) is 5.91 Å². The van der Waals surface area contributed by atoms with E-state index in [1.807, 2.05) is 77.6 Å². The molecule has 1 aliphatic heterocycles. The van der Waals surface area contributed by atoms with Crippen molar-refractivity contribution in [2.24, 2.45) is 0 Å². The third-order valence-corrected chi connectivity index (χ3v) is 6.12. The van der Waals surface area contributed by atoms with Gasteiger partial charge in [-0.15, -0.1) is 0 Å². The summed E-state index contributed by atoms with van der Waals surface area (Å²) in [5.41, 5.74) is 4.25. The number of ether oxygens (including phenoxy) is 2. The molecule has 5 rings (SSSR count). The third kappa shape index (κ3) is 5.29. The van der Waals surface area contributed by atoms with Gasteiger partial charge >= 0.3 is 0 Å². The van der Waals surface area contributed by atoms with Gasteiger partial charge < -0.3 is 20.1 Å². The number of anilines is 2. The summed E-state index contributed by atoms with van der Waals surface area (Å²) >= 11 is 0. The molecular weight excluding hydrogens is 442 g/mol. The number of amides is 1. The van der Waals surface area contributed by atoms with Crippen LogP contribution in [0.5, 0.6) is 5.75 Å². The highest BCUT2D eigenvalue weighted by molar-refractivity contribution is 5.95. The Kier molecular flexibility index (Phi) is 6.92. The number of methoxy groups -OCH3 is 1. The Morgan fingerprint density at radius 3 is 2.77 bits per heavy atom. The van der Waals surface area contributed by atoms with Crippen molar-refractivity contribution in [1.82, 2.24) is 20.0 Å². The Hall–Kier alpha value is -3.88. The lowest BCUT2D eigenvalue weighted by Crippen LogP contribution is -2.41. The molecule has 8 nitrogen and oxygen atoms in total. The minimum atomic E-state index is -0.0835. The first-order valence-corrected chi connectivity index (χ1v) is 11.8. The molecular formula is C27H29N5O3. The molecule has 0 spiro atoms. The average Bonchev–Trinajstić information content (AvgIpc) is 3.33. The SMILES string of the molecule is COc1ccccc1Nc1ccc2c(cnn2-c2cccc(C(=O)NCCN3CCOCC3)c2)c1. The van der Waals surface area contributed by atoms with Gasteiger partial charge in [-0.05, 0) is 48.5 Å². The van der Waals surface area contributed by atoms with E-state index in [0.717, 1.165) is 66.6 Å². The summed E-state index contributed by atoms with van der Waals surface area (Å²) in [6, 6.07) is 21.4. The predicted molar refractivity (Wildman–Crippen MR) is 137 cm³/mol. The fraction of sp³-hybridized carbons (Fsp3) is 0.259. The number of nitrogens with one attached hydrogen (secondary N) is 2. The number of fused-ring (bicyclic) bond motifs is 1. The Morgan fingerprint density at radius 2 is 1.91 bits per heavy atom. The smallest absolute Gasteiger partial charge is 0.251 e. The lowest BCUT2D eigenvalue weighted by Gasteiger charge is -2.26. The van der Waals surface area contributed by atoms with Crippen molar-refractivity contribution in [3.63, 3.8) is 0 Å². The summed E-state index contributed by atoms with van der Waals surface area (Å²) < 4.78 is 12.7. The van der Waals surface area contributed by atoms with Crippen LogP contribution in [0.3, 0.4) is 0 Å². The van der Waals surface area contributed by atoms with E-state index < -0.39 is 0 Å². The largest absolute Gasteiger partial charge is 0.495 e. The van der Waals surface area contributed by atoms with Gasteiger partial charge in [0.05, 0.1) is 43.4 Å². The van der Waals surface area contributed by atoms with Crippen molar-refractivity contribution in [2.75, 3.05) is 51.8 Å². The van der Waals surface area contributed by atoms with Crippen molar-refractivity contribution < 1.29 is 14.3 Å². The molecule has 1 aliphatic rings. The predicted octanol–water partition coefficient (Wildman–Crippen LogP) is 3.84. The maximum absolute atomic E-state index is 12.7. The quantitative estimate of drug-likeness (QED) is 0.407. The van der Waals surface area contributed by atoms with Gasteiger partial charge in [-0.25, -0.2) is 4.68 Å². The number of carbonyl (C=O) groups is 1. The van der Waals surface area contributed by atoms with Gasteiger partial charge in [-0.1, -0.05) is 18.2 Å². The van der Waals surface area contributed by atoms with E-state index >= 15 is 0 Å². The van der Waals surface area contributed by atoms with Gasteiger partial charge in [-0.2, -0.15) is 5.10 Å². The first-order valence-electron chi connectivity index (χ1n) is 11.8. The summed E-state index contributed by atoms with van der Waals surface area (Å²) in [6.45, 7) is 4.76. The Balaban J connectivity index is 1.29. The van der Waals surface area contributed by atoms with Crippen LogP contribution in [-0.4, -0.2) is 67.1 Å². The van der Waals surface area contributed by atoms with Gasteiger partial charge in [0.1, 0.15) is 5.75 Å². The number of benzene rings is 3. The van der Waals surface area contributed by atoms with Crippen molar-refractivity contribution in [3.05, 3.63) is 78.5 Å². The Bertz CT molecular complexity index is 1310. The van der Waals surface area contributed by atoms with Crippen LogP contribution in [0.4, 0.5) is 11.4 Å². The lowest BCUT2D eigenvalue weighted by atomic mass is 10.1. The zero-order valence-electron chi connectivity index (χ0n) is 19.7. The Morgan fingerprint density at radius 1 is 1.06 bits per heavy atom. The van der Waals surface area contributed by atoms with E-state index in [4.69, 9.17) is 9.47 Å². The second-order valence-electron chi connectivity index (χ2n) is 8.42. The number of para-hydroxylation sites is 2. The highest BCUT2D eigenvalue weighted by atomic mass is 16.5. The molecule has 0 bridgehead atoms. The lowest BCUT2D eigenvalue weighted by molar-refractivity contribution is 0.0383. The number of hydrogen-bond donors (Lipinski definition) is 2. The van der Waals surface area contributed by atoms with Crippen LogP contribution in [0.1, 0.15) is 10.4 Å². The summed E-state index contributed by atoms with van der Waals surface area (Å²) in [6.07, 6.45) is 1.83. The molecule has 0 unspecified atom stereocenters. The number of hydrogen-bond acceptors (Lipinski definition) is 6. The molecule has 2 N–H and O–H groups in total. The summed E-state index contributed by atoms with van der Waals surface area (Å²) in [5.74, 6) is 0.697. The van der Waals surface area contributed by atoms with E-state index in [2.05, 4.69) is 20.6 Å². The molecule has 1 aromatic heterocycles. The monoisotopic (exact) mass is 471 g/mol. The van der Waals surface area contributed by atoms with E-state index in [1.165, 1.54) is 0 Å². The highest BCUT2D eigenvalue weighted by Gasteiger charge is 2.13. The maximum Gasteiger partial charge on any atom is 0.251 e. The first kappa shape index (κ1) is 22.9. The van der Waals surface area contributed by atoms with E-state index in [9.17, 15) is 4.79 Å². The van der Waals surface area contributed by atoms with Crippen LogP contribution < -0.4 is 15.4 Å². The summed E-state index contributed by atoms with van der Waals surface area (Å²) in [4.78, 5) is 15.0. The molecule has 35 heavy (non-hydrogen) atoms. The molecule has 0 saturated carbocycles. The minimum Gasteiger partial charge on any atom is -0.495 e. The van der Waals surface area contributed by atoms with Crippen LogP contribution in [0.2, 0.25) is 0 Å². The van der Waals surface area contributed by atoms with Gasteiger partial charge in [0, 0.05) is 42.8 Å². The highest BCUT2D eigenvalue weighted by Crippen LogP contribution is 2.29. The number of rotatable bonds is 8. The zero-order chi connectivity index (χ0) is 24.0. The van der Waals surface area contributed by atoms with Gasteiger partial charge in [0.15, 0.2) is 0 Å². The number of morpholine rings is 1. The first-order chi connectivity index (χ1) is 17.2. The summed E-state index contributed by atoms with van der Waals surface area (Å²) in [5, 5.41) is 12.0. The maximum atomic E-state index is 12.7. The number of aromatic nitrogens is 2. The standard InChI is InChI=1S/C27H29N5O3/c1-34-26-8-3-2-7-24(26)30-22-9-10-25-21(17-22)19-29-32(25)23-6-4-5-20(18-23)27(33)28-11-12-31-13-15-35-16-14-31/h2-10,17-19,30H,11-16H2,1H3,(H,28,33). The molecule has 1 fully saturated rings. The average molecular weight is 472 g/mol. The summed E-state index contributed by atoms with van der Waals surface area (Å²) in [7, 11) is 1.66. The molecule has 1 saturated heterocycles. The normalized spacial score (nSPS) is 14.1. The van der Waals surface area contributed by atoms with E-state index in [-0.39, 0.29) is 5.91 Å². The second kappa shape index (κ2) is 10.6. The van der Waals surface area contributed by atoms with E-state index in [1.54, 1.807) is 7.11 Å². The van der Waals surface area contributed by atoms with Crippen LogP contribution >= 0.6 is 0 Å². The molecule has 4 aromatic rings. The van der Waals surface area contributed by atoms with Crippen molar-refractivity contribution in [1.29, 1.82) is 0 Å². The van der Waals surface area contributed by atoms with Crippen LogP contribution in [0.15, 0.2) is 72.9 Å². The zero-order valence-corrected chi connectivity index (χ0v) is 19.7.